The highest BCUT2D eigenvalue weighted by molar-refractivity contribution is 7.92. The largest absolute Gasteiger partial charge is 0.478 e. The Hall–Kier alpha value is -2.90. The van der Waals surface area contributed by atoms with Gasteiger partial charge in [-0.25, -0.2) is 13.2 Å². The van der Waals surface area contributed by atoms with Gasteiger partial charge in [-0.15, -0.1) is 11.3 Å². The van der Waals surface area contributed by atoms with E-state index in [1.54, 1.807) is 42.5 Å². The molecule has 138 valence electrons. The third-order valence-corrected chi connectivity index (χ3v) is 6.05. The maximum absolute atomic E-state index is 12.7. The fourth-order valence-corrected chi connectivity index (χ4v) is 4.24. The quantitative estimate of drug-likeness (QED) is 0.599. The van der Waals surface area contributed by atoms with Gasteiger partial charge in [-0.3, -0.25) is 4.72 Å². The van der Waals surface area contributed by atoms with E-state index in [2.05, 4.69) is 4.72 Å². The van der Waals surface area contributed by atoms with Crippen LogP contribution in [0.5, 0.6) is 0 Å². The minimum atomic E-state index is -3.84. The summed E-state index contributed by atoms with van der Waals surface area (Å²) in [5.41, 5.74) is 1.47. The van der Waals surface area contributed by atoms with Crippen molar-refractivity contribution >= 4 is 44.7 Å². The van der Waals surface area contributed by atoms with Crippen LogP contribution in [0, 0.1) is 6.92 Å². The molecule has 1 aromatic heterocycles. The monoisotopic (exact) mass is 399 g/mol. The zero-order chi connectivity index (χ0) is 19.4. The number of benzene rings is 2. The molecule has 0 aliphatic rings. The summed E-state index contributed by atoms with van der Waals surface area (Å²) in [4.78, 5) is 12.7. The highest BCUT2D eigenvalue weighted by Crippen LogP contribution is 2.29. The number of aliphatic carboxylic acids is 1. The summed E-state index contributed by atoms with van der Waals surface area (Å²) in [6.45, 7) is 1.87. The van der Waals surface area contributed by atoms with Gasteiger partial charge in [0.15, 0.2) is 0 Å². The maximum Gasteiger partial charge on any atom is 0.336 e. The van der Waals surface area contributed by atoms with Gasteiger partial charge in [0, 0.05) is 10.4 Å². The number of para-hydroxylation sites is 1. The molecular weight excluding hydrogens is 382 g/mol. The Morgan fingerprint density at radius 1 is 1.04 bits per heavy atom. The number of hydrogen-bond acceptors (Lipinski definition) is 4. The van der Waals surface area contributed by atoms with E-state index in [0.29, 0.717) is 5.56 Å². The second-order valence-electron chi connectivity index (χ2n) is 5.84. The Kier molecular flexibility index (Phi) is 5.43. The predicted molar refractivity (Wildman–Crippen MR) is 108 cm³/mol. The smallest absolute Gasteiger partial charge is 0.336 e. The molecule has 1 heterocycles. The summed E-state index contributed by atoms with van der Waals surface area (Å²) >= 11 is 1.40. The molecule has 3 rings (SSSR count). The van der Waals surface area contributed by atoms with Crippen LogP contribution >= 0.6 is 11.3 Å². The summed E-state index contributed by atoms with van der Waals surface area (Å²) in [6, 6.07) is 16.5. The molecule has 0 aliphatic carbocycles. The normalized spacial score (nSPS) is 12.0. The Balaban J connectivity index is 2.03. The average molecular weight is 399 g/mol. The van der Waals surface area contributed by atoms with Crippen LogP contribution < -0.4 is 4.72 Å². The second kappa shape index (κ2) is 7.77. The molecule has 0 saturated carbocycles. The predicted octanol–water partition coefficient (Wildman–Crippen LogP) is 4.48. The van der Waals surface area contributed by atoms with Crippen LogP contribution in [-0.4, -0.2) is 19.5 Å². The van der Waals surface area contributed by atoms with Crippen LogP contribution in [0.3, 0.4) is 0 Å². The third kappa shape index (κ3) is 4.45. The number of thiophene rings is 1. The van der Waals surface area contributed by atoms with E-state index in [-0.39, 0.29) is 16.2 Å². The lowest BCUT2D eigenvalue weighted by atomic mass is 10.0. The number of anilines is 1. The van der Waals surface area contributed by atoms with E-state index in [1.807, 2.05) is 18.4 Å². The van der Waals surface area contributed by atoms with Gasteiger partial charge in [0.2, 0.25) is 0 Å². The number of rotatable bonds is 6. The fourth-order valence-electron chi connectivity index (χ4n) is 2.50. The molecule has 0 spiro atoms. The van der Waals surface area contributed by atoms with Gasteiger partial charge in [-0.1, -0.05) is 42.0 Å². The zero-order valence-corrected chi connectivity index (χ0v) is 16.0. The van der Waals surface area contributed by atoms with E-state index < -0.39 is 16.0 Å². The Morgan fingerprint density at radius 3 is 2.37 bits per heavy atom. The van der Waals surface area contributed by atoms with E-state index in [4.69, 9.17) is 0 Å². The lowest BCUT2D eigenvalue weighted by molar-refractivity contribution is -0.130. The molecule has 0 bridgehead atoms. The Bertz CT molecular complexity index is 1080. The van der Waals surface area contributed by atoms with Gasteiger partial charge in [0.1, 0.15) is 0 Å². The van der Waals surface area contributed by atoms with E-state index in [1.165, 1.54) is 29.5 Å². The van der Waals surface area contributed by atoms with Crippen LogP contribution in [0.15, 0.2) is 70.9 Å². The van der Waals surface area contributed by atoms with Crippen molar-refractivity contribution in [2.45, 2.75) is 11.8 Å². The van der Waals surface area contributed by atoms with Crippen LogP contribution in [-0.2, 0) is 14.8 Å². The fraction of sp³-hybridized carbons (Fsp3) is 0.0500. The first kappa shape index (κ1) is 18.9. The van der Waals surface area contributed by atoms with Crippen molar-refractivity contribution in [2.24, 2.45) is 0 Å². The highest BCUT2D eigenvalue weighted by Gasteiger charge is 2.20. The minimum absolute atomic E-state index is 0.0136. The van der Waals surface area contributed by atoms with Crippen molar-refractivity contribution in [1.29, 1.82) is 0 Å². The number of nitrogens with one attached hydrogen (secondary N) is 1. The van der Waals surface area contributed by atoms with Crippen molar-refractivity contribution in [3.05, 3.63) is 82.0 Å². The van der Waals surface area contributed by atoms with Crippen molar-refractivity contribution in [3.8, 4) is 0 Å². The summed E-state index contributed by atoms with van der Waals surface area (Å²) in [5.74, 6) is -1.13. The number of aryl methyl sites for hydroxylation is 1. The van der Waals surface area contributed by atoms with Gasteiger partial charge in [0.05, 0.1) is 16.2 Å². The Labute approximate surface area is 161 Å². The summed E-state index contributed by atoms with van der Waals surface area (Å²) in [7, 11) is -3.84. The number of hydrogen-bond donors (Lipinski definition) is 2. The first-order valence-electron chi connectivity index (χ1n) is 8.04. The molecule has 0 fully saturated rings. The van der Waals surface area contributed by atoms with Crippen molar-refractivity contribution in [3.63, 3.8) is 0 Å². The molecule has 2 N–H and O–H groups in total. The molecule has 2 aromatic carbocycles. The topological polar surface area (TPSA) is 83.5 Å². The summed E-state index contributed by atoms with van der Waals surface area (Å²) < 4.78 is 27.9. The van der Waals surface area contributed by atoms with Gasteiger partial charge < -0.3 is 5.11 Å². The standard InChI is InChI=1S/C20H17NO4S2/c1-14-8-10-16(11-9-14)27(24,25)21-19-7-3-2-6-17(19)18(20(22)23)13-15-5-4-12-26-15/h2-13,21H,1H3,(H,22,23)/b18-13+. The molecule has 0 saturated heterocycles. The highest BCUT2D eigenvalue weighted by atomic mass is 32.2. The molecule has 0 atom stereocenters. The van der Waals surface area contributed by atoms with Crippen LogP contribution in [0.1, 0.15) is 16.0 Å². The number of carbonyl (C=O) groups is 1. The first-order valence-corrected chi connectivity index (χ1v) is 10.4. The molecule has 0 unspecified atom stereocenters. The van der Waals surface area contributed by atoms with Crippen LogP contribution in [0.25, 0.3) is 11.6 Å². The molecule has 5 nitrogen and oxygen atoms in total. The van der Waals surface area contributed by atoms with Crippen LogP contribution in [0.4, 0.5) is 5.69 Å². The minimum Gasteiger partial charge on any atom is -0.478 e. The Morgan fingerprint density at radius 2 is 1.74 bits per heavy atom. The van der Waals surface area contributed by atoms with Gasteiger partial charge >= 0.3 is 5.97 Å². The summed E-state index contributed by atoms with van der Waals surface area (Å²) in [6.07, 6.45) is 1.53. The van der Waals surface area contributed by atoms with E-state index in [9.17, 15) is 18.3 Å². The number of sulfonamides is 1. The lowest BCUT2D eigenvalue weighted by Gasteiger charge is -2.13. The first-order chi connectivity index (χ1) is 12.9. The SMILES string of the molecule is Cc1ccc(S(=O)(=O)Nc2ccccc2/C(=C\c2cccs2)C(=O)O)cc1. The third-order valence-electron chi connectivity index (χ3n) is 3.85. The average Bonchev–Trinajstić information content (AvgIpc) is 3.13. The molecule has 0 radical (unpaired) electrons. The van der Waals surface area contributed by atoms with Gasteiger partial charge in [-0.05, 0) is 42.6 Å². The number of carboxylic acids is 1. The molecular formula is C20H17NO4S2. The molecule has 0 amide bonds. The van der Waals surface area contributed by atoms with Crippen molar-refractivity contribution in [2.75, 3.05) is 4.72 Å². The number of carboxylic acid groups (broad SMARTS) is 1. The van der Waals surface area contributed by atoms with Crippen LogP contribution in [0.2, 0.25) is 0 Å². The van der Waals surface area contributed by atoms with Gasteiger partial charge in [-0.2, -0.15) is 0 Å². The van der Waals surface area contributed by atoms with Crippen molar-refractivity contribution in [1.82, 2.24) is 0 Å². The van der Waals surface area contributed by atoms with E-state index in [0.717, 1.165) is 10.4 Å². The van der Waals surface area contributed by atoms with Crippen molar-refractivity contribution < 1.29 is 18.3 Å². The van der Waals surface area contributed by atoms with E-state index >= 15 is 0 Å². The van der Waals surface area contributed by atoms with Gasteiger partial charge in [0.25, 0.3) is 10.0 Å². The summed E-state index contributed by atoms with van der Waals surface area (Å²) in [5, 5.41) is 11.5. The molecule has 3 aromatic rings. The molecule has 0 aliphatic heterocycles. The zero-order valence-electron chi connectivity index (χ0n) is 14.4. The lowest BCUT2D eigenvalue weighted by Crippen LogP contribution is -2.15. The maximum atomic E-state index is 12.7. The second-order valence-corrected chi connectivity index (χ2v) is 8.50. The molecule has 7 heteroatoms. The molecule has 27 heavy (non-hydrogen) atoms.